The maximum atomic E-state index is 12.3. The summed E-state index contributed by atoms with van der Waals surface area (Å²) in [5.41, 5.74) is 0.0861. The summed E-state index contributed by atoms with van der Waals surface area (Å²) in [5.74, 6) is 1.89. The van der Waals surface area contributed by atoms with Crippen LogP contribution in [0.3, 0.4) is 0 Å². The lowest BCUT2D eigenvalue weighted by Crippen LogP contribution is -2.32. The number of aromatic nitrogens is 2. The first-order chi connectivity index (χ1) is 11.3. The molecule has 2 heterocycles. The highest BCUT2D eigenvalue weighted by atomic mass is 16.5. The summed E-state index contributed by atoms with van der Waals surface area (Å²) in [5, 5.41) is 10.8. The third kappa shape index (κ3) is 4.19. The molecule has 1 aliphatic heterocycles. The molecule has 2 fully saturated rings. The Labute approximate surface area is 136 Å². The zero-order valence-corrected chi connectivity index (χ0v) is 13.6. The summed E-state index contributed by atoms with van der Waals surface area (Å²) in [4.78, 5) is 19.7. The van der Waals surface area contributed by atoms with E-state index in [4.69, 9.17) is 10.1 Å². The van der Waals surface area contributed by atoms with E-state index in [9.17, 15) is 4.79 Å². The largest absolute Gasteiger partial charge is 0.379 e. The monoisotopic (exact) mass is 318 g/mol. The Morgan fingerprint density at radius 2 is 2.09 bits per heavy atom. The van der Waals surface area contributed by atoms with Crippen molar-refractivity contribution in [1.82, 2.24) is 9.97 Å². The fourth-order valence-corrected chi connectivity index (χ4v) is 3.58. The van der Waals surface area contributed by atoms with E-state index in [0.717, 1.165) is 37.9 Å². The molecule has 3 N–H and O–H groups in total. The molecule has 1 aromatic heterocycles. The van der Waals surface area contributed by atoms with E-state index < -0.39 is 0 Å². The van der Waals surface area contributed by atoms with Crippen molar-refractivity contribution >= 4 is 12.0 Å². The Morgan fingerprint density at radius 1 is 1.26 bits per heavy atom. The fraction of sp³-hybridized carbons (Fsp3) is 0.706. The van der Waals surface area contributed by atoms with Gasteiger partial charge in [-0.3, -0.25) is 4.79 Å². The van der Waals surface area contributed by atoms with Crippen molar-refractivity contribution in [1.29, 1.82) is 5.41 Å². The van der Waals surface area contributed by atoms with E-state index in [1.165, 1.54) is 32.1 Å². The SMILES string of the molecule is N=Cc1c(NC2CCCOC2)nc(CC2CCCCC2)[nH]c1=O. The van der Waals surface area contributed by atoms with Gasteiger partial charge in [0.2, 0.25) is 0 Å². The summed E-state index contributed by atoms with van der Waals surface area (Å²) >= 11 is 0. The fourth-order valence-electron chi connectivity index (χ4n) is 3.58. The second kappa shape index (κ2) is 7.73. The van der Waals surface area contributed by atoms with Crippen LogP contribution in [-0.2, 0) is 11.2 Å². The summed E-state index contributed by atoms with van der Waals surface area (Å²) < 4.78 is 5.48. The third-order valence-electron chi connectivity index (χ3n) is 4.86. The number of hydrogen-bond acceptors (Lipinski definition) is 5. The molecule has 1 atom stereocenters. The molecule has 23 heavy (non-hydrogen) atoms. The molecule has 0 amide bonds. The summed E-state index contributed by atoms with van der Waals surface area (Å²) in [7, 11) is 0. The molecule has 0 aromatic carbocycles. The van der Waals surface area contributed by atoms with Crippen molar-refractivity contribution in [3.63, 3.8) is 0 Å². The van der Waals surface area contributed by atoms with Gasteiger partial charge in [-0.25, -0.2) is 4.98 Å². The Balaban J connectivity index is 1.77. The first-order valence-corrected chi connectivity index (χ1v) is 8.74. The van der Waals surface area contributed by atoms with E-state index in [0.29, 0.717) is 23.9 Å². The van der Waals surface area contributed by atoms with Crippen LogP contribution in [-0.4, -0.2) is 35.4 Å². The number of rotatable bonds is 5. The van der Waals surface area contributed by atoms with Gasteiger partial charge in [0.1, 0.15) is 11.6 Å². The van der Waals surface area contributed by atoms with Crippen molar-refractivity contribution in [2.75, 3.05) is 18.5 Å². The van der Waals surface area contributed by atoms with Crippen LogP contribution in [0, 0.1) is 11.3 Å². The van der Waals surface area contributed by atoms with E-state index in [1.807, 2.05) is 0 Å². The van der Waals surface area contributed by atoms with Crippen LogP contribution >= 0.6 is 0 Å². The van der Waals surface area contributed by atoms with Crippen LogP contribution in [0.1, 0.15) is 56.3 Å². The molecule has 0 spiro atoms. The van der Waals surface area contributed by atoms with Gasteiger partial charge in [-0.1, -0.05) is 32.1 Å². The van der Waals surface area contributed by atoms with Gasteiger partial charge >= 0.3 is 0 Å². The van der Waals surface area contributed by atoms with Crippen LogP contribution in [0.2, 0.25) is 0 Å². The minimum absolute atomic E-state index is 0.166. The van der Waals surface area contributed by atoms with Gasteiger partial charge in [-0.05, 0) is 18.8 Å². The standard InChI is InChI=1S/C17H26N4O2/c18-10-14-16(19-13-7-4-8-23-11-13)20-15(21-17(14)22)9-12-5-2-1-3-6-12/h10,12-13,18H,1-9,11H2,(H2,19,20,21,22). The normalized spacial score (nSPS) is 22.7. The molecule has 126 valence electrons. The van der Waals surface area contributed by atoms with Crippen molar-refractivity contribution in [2.24, 2.45) is 5.92 Å². The molecule has 1 aromatic rings. The molecule has 1 aliphatic carbocycles. The molecule has 0 bridgehead atoms. The Bertz CT molecular complexity index is 587. The lowest BCUT2D eigenvalue weighted by atomic mass is 9.87. The van der Waals surface area contributed by atoms with E-state index in [2.05, 4.69) is 15.3 Å². The average Bonchev–Trinajstić information content (AvgIpc) is 2.57. The molecule has 3 rings (SSSR count). The lowest BCUT2D eigenvalue weighted by Gasteiger charge is -2.25. The summed E-state index contributed by atoms with van der Waals surface area (Å²) in [6.45, 7) is 1.43. The summed E-state index contributed by atoms with van der Waals surface area (Å²) in [6.07, 6.45) is 10.2. The molecule has 6 nitrogen and oxygen atoms in total. The lowest BCUT2D eigenvalue weighted by molar-refractivity contribution is 0.0875. The number of H-pyrrole nitrogens is 1. The van der Waals surface area contributed by atoms with E-state index >= 15 is 0 Å². The van der Waals surface area contributed by atoms with Gasteiger partial charge in [0.05, 0.1) is 18.2 Å². The van der Waals surface area contributed by atoms with Crippen molar-refractivity contribution in [2.45, 2.75) is 57.4 Å². The predicted molar refractivity (Wildman–Crippen MR) is 90.5 cm³/mol. The van der Waals surface area contributed by atoms with Crippen LogP contribution < -0.4 is 10.9 Å². The highest BCUT2D eigenvalue weighted by Gasteiger charge is 2.20. The minimum atomic E-state index is -0.222. The average molecular weight is 318 g/mol. The molecule has 1 saturated heterocycles. The van der Waals surface area contributed by atoms with Gasteiger partial charge in [0.15, 0.2) is 0 Å². The zero-order valence-electron chi connectivity index (χ0n) is 13.6. The second-order valence-corrected chi connectivity index (χ2v) is 6.69. The number of nitrogens with zero attached hydrogens (tertiary/aromatic N) is 1. The first kappa shape index (κ1) is 16.2. The molecule has 6 heteroatoms. The van der Waals surface area contributed by atoms with Gasteiger partial charge in [-0.2, -0.15) is 0 Å². The number of ether oxygens (including phenoxy) is 1. The van der Waals surface area contributed by atoms with E-state index in [1.54, 1.807) is 0 Å². The molecular weight excluding hydrogens is 292 g/mol. The van der Waals surface area contributed by atoms with Crippen LogP contribution in [0.15, 0.2) is 4.79 Å². The first-order valence-electron chi connectivity index (χ1n) is 8.74. The number of aromatic amines is 1. The van der Waals surface area contributed by atoms with Crippen molar-refractivity contribution in [3.8, 4) is 0 Å². The van der Waals surface area contributed by atoms with Crippen LogP contribution in [0.5, 0.6) is 0 Å². The van der Waals surface area contributed by atoms with Crippen molar-refractivity contribution < 1.29 is 4.74 Å². The molecule has 0 radical (unpaired) electrons. The third-order valence-corrected chi connectivity index (χ3v) is 4.86. The van der Waals surface area contributed by atoms with Gasteiger partial charge in [-0.15, -0.1) is 0 Å². The second-order valence-electron chi connectivity index (χ2n) is 6.69. The van der Waals surface area contributed by atoms with Crippen LogP contribution in [0.25, 0.3) is 0 Å². The maximum Gasteiger partial charge on any atom is 0.261 e. The smallest absolute Gasteiger partial charge is 0.261 e. The number of nitrogens with one attached hydrogen (secondary N) is 3. The molecular formula is C17H26N4O2. The topological polar surface area (TPSA) is 90.9 Å². The number of anilines is 1. The summed E-state index contributed by atoms with van der Waals surface area (Å²) in [6, 6.07) is 0.166. The van der Waals surface area contributed by atoms with E-state index in [-0.39, 0.29) is 11.6 Å². The number of hydrogen-bond donors (Lipinski definition) is 3. The Morgan fingerprint density at radius 3 is 2.78 bits per heavy atom. The van der Waals surface area contributed by atoms with Gasteiger partial charge in [0, 0.05) is 19.2 Å². The van der Waals surface area contributed by atoms with Gasteiger partial charge < -0.3 is 20.4 Å². The Kier molecular flexibility index (Phi) is 5.43. The molecule has 2 aliphatic rings. The molecule has 1 unspecified atom stereocenters. The predicted octanol–water partition coefficient (Wildman–Crippen LogP) is 2.48. The van der Waals surface area contributed by atoms with Gasteiger partial charge in [0.25, 0.3) is 5.56 Å². The highest BCUT2D eigenvalue weighted by molar-refractivity contribution is 5.83. The van der Waals surface area contributed by atoms with Crippen LogP contribution in [0.4, 0.5) is 5.82 Å². The maximum absolute atomic E-state index is 12.3. The van der Waals surface area contributed by atoms with Crippen molar-refractivity contribution in [3.05, 3.63) is 21.7 Å². The highest BCUT2D eigenvalue weighted by Crippen LogP contribution is 2.26. The zero-order chi connectivity index (χ0) is 16.1. The Hall–Kier alpha value is -1.69. The minimum Gasteiger partial charge on any atom is -0.379 e. The molecule has 1 saturated carbocycles. The quantitative estimate of drug-likeness (QED) is 0.727.